The molecule has 96 valence electrons. The molecule has 0 fully saturated rings. The molecule has 0 bridgehead atoms. The predicted octanol–water partition coefficient (Wildman–Crippen LogP) is 2.84. The lowest BCUT2D eigenvalue weighted by molar-refractivity contribution is 0.127. The molecule has 0 aliphatic heterocycles. The van der Waals surface area contributed by atoms with Crippen LogP contribution in [0.1, 0.15) is 38.3 Å². The first-order chi connectivity index (χ1) is 7.91. The van der Waals surface area contributed by atoms with Gasteiger partial charge in [0.25, 0.3) is 0 Å². The van der Waals surface area contributed by atoms with Gasteiger partial charge in [-0.1, -0.05) is 25.4 Å². The molecule has 0 aliphatic rings. The highest BCUT2D eigenvalue weighted by Crippen LogP contribution is 2.29. The van der Waals surface area contributed by atoms with Crippen LogP contribution in [0, 0.1) is 5.92 Å². The van der Waals surface area contributed by atoms with Crippen molar-refractivity contribution < 1.29 is 10.2 Å². The van der Waals surface area contributed by atoms with Crippen LogP contribution in [0.15, 0.2) is 18.2 Å². The van der Waals surface area contributed by atoms with Crippen molar-refractivity contribution in [1.82, 2.24) is 0 Å². The molecule has 0 aromatic heterocycles. The van der Waals surface area contributed by atoms with Crippen molar-refractivity contribution in [2.45, 2.75) is 38.8 Å². The fourth-order valence-electron chi connectivity index (χ4n) is 1.68. The highest BCUT2D eigenvalue weighted by molar-refractivity contribution is 6.30. The predicted molar refractivity (Wildman–Crippen MR) is 70.1 cm³/mol. The van der Waals surface area contributed by atoms with E-state index in [1.807, 2.05) is 0 Å². The fraction of sp³-hybridized carbons (Fsp3) is 0.538. The standard InChI is InChI=1S/C13H20ClNO2/c1-8(2)3-5-12(17)13(15)10-7-9(14)4-6-11(10)16/h4,6-8,12-13,16-17H,3,5,15H2,1-2H3/t12-,13+/m1/s1. The summed E-state index contributed by atoms with van der Waals surface area (Å²) in [6.45, 7) is 4.18. The topological polar surface area (TPSA) is 66.5 Å². The molecule has 0 spiro atoms. The summed E-state index contributed by atoms with van der Waals surface area (Å²) in [5.74, 6) is 0.593. The molecule has 0 heterocycles. The molecule has 1 aromatic rings. The van der Waals surface area contributed by atoms with Crippen LogP contribution in [0.5, 0.6) is 5.75 Å². The Labute approximate surface area is 107 Å². The van der Waals surface area contributed by atoms with Crippen molar-refractivity contribution in [3.63, 3.8) is 0 Å². The van der Waals surface area contributed by atoms with Crippen LogP contribution in [0.3, 0.4) is 0 Å². The number of aliphatic hydroxyl groups is 1. The van der Waals surface area contributed by atoms with E-state index in [-0.39, 0.29) is 5.75 Å². The summed E-state index contributed by atoms with van der Waals surface area (Å²) in [4.78, 5) is 0. The Balaban J connectivity index is 2.74. The van der Waals surface area contributed by atoms with E-state index in [2.05, 4.69) is 13.8 Å². The molecule has 4 N–H and O–H groups in total. The minimum atomic E-state index is -0.665. The lowest BCUT2D eigenvalue weighted by Crippen LogP contribution is -2.26. The van der Waals surface area contributed by atoms with E-state index in [0.29, 0.717) is 22.9 Å². The smallest absolute Gasteiger partial charge is 0.120 e. The zero-order valence-corrected chi connectivity index (χ0v) is 11.0. The van der Waals surface area contributed by atoms with E-state index in [1.165, 1.54) is 6.07 Å². The highest BCUT2D eigenvalue weighted by atomic mass is 35.5. The fourth-order valence-corrected chi connectivity index (χ4v) is 1.86. The van der Waals surface area contributed by atoms with E-state index < -0.39 is 12.1 Å². The van der Waals surface area contributed by atoms with Crippen LogP contribution in [-0.4, -0.2) is 16.3 Å². The molecule has 2 atom stereocenters. The monoisotopic (exact) mass is 257 g/mol. The van der Waals surface area contributed by atoms with Crippen LogP contribution in [0.2, 0.25) is 5.02 Å². The second-order valence-electron chi connectivity index (χ2n) is 4.77. The zero-order chi connectivity index (χ0) is 13.0. The summed E-state index contributed by atoms with van der Waals surface area (Å²) >= 11 is 5.84. The summed E-state index contributed by atoms with van der Waals surface area (Å²) in [6.07, 6.45) is 0.850. The quantitative estimate of drug-likeness (QED) is 0.760. The third kappa shape index (κ3) is 4.19. The largest absolute Gasteiger partial charge is 0.508 e. The Morgan fingerprint density at radius 2 is 1.94 bits per heavy atom. The van der Waals surface area contributed by atoms with E-state index in [1.54, 1.807) is 12.1 Å². The van der Waals surface area contributed by atoms with Crippen LogP contribution in [0.25, 0.3) is 0 Å². The van der Waals surface area contributed by atoms with Crippen LogP contribution < -0.4 is 5.73 Å². The third-order valence-electron chi connectivity index (χ3n) is 2.80. The second-order valence-corrected chi connectivity index (χ2v) is 5.20. The van der Waals surface area contributed by atoms with Crippen LogP contribution >= 0.6 is 11.6 Å². The lowest BCUT2D eigenvalue weighted by atomic mass is 9.95. The molecule has 0 amide bonds. The first-order valence-electron chi connectivity index (χ1n) is 5.84. The van der Waals surface area contributed by atoms with Crippen molar-refractivity contribution in [3.8, 4) is 5.75 Å². The van der Waals surface area contributed by atoms with Crippen molar-refractivity contribution in [2.24, 2.45) is 11.7 Å². The van der Waals surface area contributed by atoms with Crippen LogP contribution in [0.4, 0.5) is 0 Å². The summed E-state index contributed by atoms with van der Waals surface area (Å²) in [6, 6.07) is 4.08. The molecular weight excluding hydrogens is 238 g/mol. The molecule has 3 nitrogen and oxygen atoms in total. The molecule has 0 radical (unpaired) electrons. The number of nitrogens with two attached hydrogens (primary N) is 1. The number of hydrogen-bond acceptors (Lipinski definition) is 3. The average molecular weight is 258 g/mol. The van der Waals surface area contributed by atoms with Gasteiger partial charge in [-0.25, -0.2) is 0 Å². The minimum Gasteiger partial charge on any atom is -0.508 e. The van der Waals surface area contributed by atoms with Crippen LogP contribution in [-0.2, 0) is 0 Å². The number of rotatable bonds is 5. The van der Waals surface area contributed by atoms with Gasteiger partial charge in [0.2, 0.25) is 0 Å². The maximum Gasteiger partial charge on any atom is 0.120 e. The molecule has 4 heteroatoms. The first-order valence-corrected chi connectivity index (χ1v) is 6.21. The number of benzene rings is 1. The first kappa shape index (κ1) is 14.3. The van der Waals surface area contributed by atoms with Gasteiger partial charge in [-0.05, 0) is 37.0 Å². The normalized spacial score (nSPS) is 14.9. The van der Waals surface area contributed by atoms with Gasteiger partial charge in [0.1, 0.15) is 5.75 Å². The third-order valence-corrected chi connectivity index (χ3v) is 3.04. The second kappa shape index (κ2) is 6.24. The highest BCUT2D eigenvalue weighted by Gasteiger charge is 2.20. The number of aromatic hydroxyl groups is 1. The van der Waals surface area contributed by atoms with Gasteiger partial charge in [-0.15, -0.1) is 0 Å². The Hall–Kier alpha value is -0.770. The van der Waals surface area contributed by atoms with E-state index >= 15 is 0 Å². The average Bonchev–Trinajstić information content (AvgIpc) is 2.28. The molecule has 0 saturated carbocycles. The number of halogens is 1. The number of hydrogen-bond donors (Lipinski definition) is 3. The number of aliphatic hydroxyl groups excluding tert-OH is 1. The van der Waals surface area contributed by atoms with Gasteiger partial charge in [0.05, 0.1) is 12.1 Å². The lowest BCUT2D eigenvalue weighted by Gasteiger charge is -2.21. The molecule has 1 rings (SSSR count). The molecule has 17 heavy (non-hydrogen) atoms. The Bertz CT molecular complexity index is 368. The van der Waals surface area contributed by atoms with E-state index in [4.69, 9.17) is 17.3 Å². The Morgan fingerprint density at radius 1 is 1.29 bits per heavy atom. The van der Waals surface area contributed by atoms with Crippen molar-refractivity contribution in [1.29, 1.82) is 0 Å². The van der Waals surface area contributed by atoms with Gasteiger partial charge >= 0.3 is 0 Å². The number of phenolic OH excluding ortho intramolecular Hbond substituents is 1. The Kier molecular flexibility index (Phi) is 5.25. The maximum absolute atomic E-state index is 9.96. The maximum atomic E-state index is 9.96. The van der Waals surface area contributed by atoms with Crippen molar-refractivity contribution in [2.75, 3.05) is 0 Å². The summed E-state index contributed by atoms with van der Waals surface area (Å²) in [5.41, 5.74) is 6.42. The van der Waals surface area contributed by atoms with E-state index in [0.717, 1.165) is 6.42 Å². The van der Waals surface area contributed by atoms with Crippen molar-refractivity contribution >= 4 is 11.6 Å². The van der Waals surface area contributed by atoms with Gasteiger partial charge in [0.15, 0.2) is 0 Å². The van der Waals surface area contributed by atoms with E-state index in [9.17, 15) is 10.2 Å². The summed E-state index contributed by atoms with van der Waals surface area (Å²) in [7, 11) is 0. The Morgan fingerprint density at radius 3 is 2.53 bits per heavy atom. The summed E-state index contributed by atoms with van der Waals surface area (Å²) < 4.78 is 0. The zero-order valence-electron chi connectivity index (χ0n) is 10.2. The van der Waals surface area contributed by atoms with Gasteiger partial charge in [-0.3, -0.25) is 0 Å². The minimum absolute atomic E-state index is 0.0745. The molecule has 0 saturated heterocycles. The van der Waals surface area contributed by atoms with Gasteiger partial charge in [0, 0.05) is 10.6 Å². The molecule has 0 aliphatic carbocycles. The number of phenols is 1. The molecule has 1 aromatic carbocycles. The van der Waals surface area contributed by atoms with Crippen molar-refractivity contribution in [3.05, 3.63) is 28.8 Å². The molecular formula is C13H20ClNO2. The summed E-state index contributed by atoms with van der Waals surface area (Å²) in [5, 5.41) is 20.1. The van der Waals surface area contributed by atoms with Gasteiger partial charge in [-0.2, -0.15) is 0 Å². The SMILES string of the molecule is CC(C)CC[C@@H](O)[C@@H](N)c1cc(Cl)ccc1O. The molecule has 0 unspecified atom stereocenters. The van der Waals surface area contributed by atoms with Gasteiger partial charge < -0.3 is 15.9 Å².